The molecule has 5 N–H and O–H groups in total. The van der Waals surface area contributed by atoms with Crippen molar-refractivity contribution < 1.29 is 28.7 Å². The lowest BCUT2D eigenvalue weighted by atomic mass is 9.86. The van der Waals surface area contributed by atoms with Crippen LogP contribution in [0.25, 0.3) is 0 Å². The Morgan fingerprint density at radius 1 is 1.10 bits per heavy atom. The van der Waals surface area contributed by atoms with Crippen molar-refractivity contribution in [3.8, 4) is 0 Å². The fourth-order valence-electron chi connectivity index (χ4n) is 3.85. The van der Waals surface area contributed by atoms with Gasteiger partial charge in [0.2, 0.25) is 0 Å². The maximum absolute atomic E-state index is 12.0. The van der Waals surface area contributed by atoms with E-state index in [1.165, 1.54) is 0 Å². The number of piperidine rings is 1. The van der Waals surface area contributed by atoms with Gasteiger partial charge in [-0.15, -0.1) is 0 Å². The van der Waals surface area contributed by atoms with Crippen LogP contribution in [-0.2, 0) is 9.13 Å². The van der Waals surface area contributed by atoms with Crippen molar-refractivity contribution in [3.63, 3.8) is 0 Å². The summed E-state index contributed by atoms with van der Waals surface area (Å²) in [4.78, 5) is 38.3. The molecule has 3 unspecified atom stereocenters. The molecule has 0 spiro atoms. The van der Waals surface area contributed by atoms with Crippen molar-refractivity contribution in [1.29, 1.82) is 0 Å². The first-order valence-electron chi connectivity index (χ1n) is 6.53. The van der Waals surface area contributed by atoms with Crippen LogP contribution in [0.1, 0.15) is 19.3 Å². The molecule has 118 valence electrons. The molecule has 1 aliphatic heterocycles. The molecule has 1 saturated carbocycles. The first kappa shape index (κ1) is 16.6. The number of rotatable bonds is 3. The minimum absolute atomic E-state index is 0.0797. The molecule has 2 aliphatic rings. The van der Waals surface area contributed by atoms with Gasteiger partial charge in [-0.05, 0) is 45.8 Å². The quantitative estimate of drug-likeness (QED) is 0.456. The Morgan fingerprint density at radius 3 is 2.10 bits per heavy atom. The van der Waals surface area contributed by atoms with Crippen LogP contribution in [0.15, 0.2) is 0 Å². The van der Waals surface area contributed by atoms with E-state index in [4.69, 9.17) is 0 Å². The lowest BCUT2D eigenvalue weighted by Gasteiger charge is -2.46. The standard InChI is InChI=1S/C10H22N2O6P2/c1-12(2)9-8-7(4-6-11-9)3-5-10(8,19(13,14)15)20(16,17)18/h7-9,11H,3-6H2,1-2H3,(H2,13,14,15)(H2,16,17,18). The van der Waals surface area contributed by atoms with Crippen molar-refractivity contribution in [2.24, 2.45) is 11.8 Å². The Bertz CT molecular complexity index is 450. The topological polar surface area (TPSA) is 130 Å². The molecule has 0 aromatic heterocycles. The van der Waals surface area contributed by atoms with Crippen LogP contribution >= 0.6 is 15.2 Å². The average Bonchev–Trinajstić information content (AvgIpc) is 2.67. The summed E-state index contributed by atoms with van der Waals surface area (Å²) in [7, 11) is -6.45. The Kier molecular flexibility index (Phi) is 4.27. The van der Waals surface area contributed by atoms with E-state index in [-0.39, 0.29) is 12.3 Å². The molecule has 0 aromatic rings. The number of fused-ring (bicyclic) bond motifs is 1. The number of hydrogen-bond acceptors (Lipinski definition) is 4. The Balaban J connectivity index is 2.58. The molecule has 0 bridgehead atoms. The number of hydrogen-bond donors (Lipinski definition) is 5. The van der Waals surface area contributed by atoms with Gasteiger partial charge >= 0.3 is 15.2 Å². The summed E-state index contributed by atoms with van der Waals surface area (Å²) in [5.41, 5.74) is 0. The Hall–Kier alpha value is 0.220. The predicted molar refractivity (Wildman–Crippen MR) is 73.1 cm³/mol. The summed E-state index contributed by atoms with van der Waals surface area (Å²) in [5, 5.41) is 3.13. The van der Waals surface area contributed by atoms with Gasteiger partial charge in [-0.3, -0.25) is 14.0 Å². The van der Waals surface area contributed by atoms with E-state index in [1.54, 1.807) is 19.0 Å². The summed E-state index contributed by atoms with van der Waals surface area (Å²) in [6.07, 6.45) is 0.531. The minimum atomic E-state index is -4.96. The van der Waals surface area contributed by atoms with Crippen LogP contribution < -0.4 is 5.32 Å². The smallest absolute Gasteiger partial charge is 0.324 e. The zero-order valence-corrected chi connectivity index (χ0v) is 13.3. The molecule has 1 saturated heterocycles. The second kappa shape index (κ2) is 5.14. The van der Waals surface area contributed by atoms with Crippen LogP contribution in [-0.4, -0.2) is 56.2 Å². The minimum Gasteiger partial charge on any atom is -0.324 e. The summed E-state index contributed by atoms with van der Waals surface area (Å²) in [5.74, 6) is -0.836. The van der Waals surface area contributed by atoms with Crippen molar-refractivity contribution in [3.05, 3.63) is 0 Å². The van der Waals surface area contributed by atoms with E-state index in [0.29, 0.717) is 19.4 Å². The molecule has 20 heavy (non-hydrogen) atoms. The summed E-state index contributed by atoms with van der Waals surface area (Å²) < 4.78 is 24.0. The predicted octanol–water partition coefficient (Wildman–Crippen LogP) is -0.0547. The van der Waals surface area contributed by atoms with E-state index in [2.05, 4.69) is 5.32 Å². The fourth-order valence-corrected chi connectivity index (χ4v) is 7.53. The third kappa shape index (κ3) is 2.32. The highest BCUT2D eigenvalue weighted by Crippen LogP contribution is 2.78. The van der Waals surface area contributed by atoms with Crippen molar-refractivity contribution in [2.75, 3.05) is 20.6 Å². The van der Waals surface area contributed by atoms with Crippen LogP contribution in [0.4, 0.5) is 0 Å². The molecular weight excluding hydrogens is 306 g/mol. The molecule has 2 rings (SSSR count). The van der Waals surface area contributed by atoms with E-state index in [0.717, 1.165) is 0 Å². The van der Waals surface area contributed by atoms with Crippen molar-refractivity contribution in [1.82, 2.24) is 10.2 Å². The molecule has 8 nitrogen and oxygen atoms in total. The van der Waals surface area contributed by atoms with Gasteiger partial charge in [0.15, 0.2) is 4.90 Å². The fraction of sp³-hybridized carbons (Fsp3) is 1.00. The third-order valence-electron chi connectivity index (χ3n) is 4.70. The monoisotopic (exact) mass is 328 g/mol. The number of nitrogens with zero attached hydrogens (tertiary/aromatic N) is 1. The van der Waals surface area contributed by atoms with Gasteiger partial charge in [-0.25, -0.2) is 0 Å². The molecule has 1 heterocycles. The van der Waals surface area contributed by atoms with Gasteiger partial charge in [0.05, 0.1) is 6.17 Å². The van der Waals surface area contributed by atoms with Crippen LogP contribution in [0.3, 0.4) is 0 Å². The molecule has 0 amide bonds. The molecule has 1 aliphatic carbocycles. The van der Waals surface area contributed by atoms with Crippen LogP contribution in [0, 0.1) is 11.8 Å². The molecule has 10 heteroatoms. The molecular formula is C10H22N2O6P2. The van der Waals surface area contributed by atoms with Crippen LogP contribution in [0.5, 0.6) is 0 Å². The highest BCUT2D eigenvalue weighted by Gasteiger charge is 2.70. The van der Waals surface area contributed by atoms with E-state index < -0.39 is 32.2 Å². The summed E-state index contributed by atoms with van der Waals surface area (Å²) in [6.45, 7) is 0.683. The van der Waals surface area contributed by atoms with Gasteiger partial charge in [-0.1, -0.05) is 0 Å². The Morgan fingerprint density at radius 2 is 1.65 bits per heavy atom. The highest BCUT2D eigenvalue weighted by atomic mass is 31.2. The molecule has 2 fully saturated rings. The zero-order chi connectivity index (χ0) is 15.3. The largest absolute Gasteiger partial charge is 0.344 e. The van der Waals surface area contributed by atoms with Gasteiger partial charge in [-0.2, -0.15) is 0 Å². The molecule has 0 radical (unpaired) electrons. The maximum atomic E-state index is 12.0. The maximum Gasteiger partial charge on any atom is 0.344 e. The first-order chi connectivity index (χ1) is 9.02. The van der Waals surface area contributed by atoms with Gasteiger partial charge in [0, 0.05) is 5.92 Å². The van der Waals surface area contributed by atoms with Crippen LogP contribution in [0.2, 0.25) is 0 Å². The van der Waals surface area contributed by atoms with E-state index >= 15 is 0 Å². The number of nitrogens with one attached hydrogen (secondary N) is 1. The third-order valence-corrected chi connectivity index (χ3v) is 9.32. The van der Waals surface area contributed by atoms with Gasteiger partial charge in [0.25, 0.3) is 0 Å². The normalized spacial score (nSPS) is 34.2. The highest BCUT2D eigenvalue weighted by molar-refractivity contribution is 7.72. The Labute approximate surface area is 117 Å². The average molecular weight is 328 g/mol. The second-order valence-electron chi connectivity index (χ2n) is 5.94. The molecule has 0 aromatic carbocycles. The summed E-state index contributed by atoms with van der Waals surface area (Å²) in [6, 6.07) is 0. The van der Waals surface area contributed by atoms with Crippen molar-refractivity contribution >= 4 is 15.2 Å². The zero-order valence-electron chi connectivity index (χ0n) is 11.5. The molecule has 3 atom stereocenters. The van der Waals surface area contributed by atoms with E-state index in [1.807, 2.05) is 0 Å². The lowest BCUT2D eigenvalue weighted by Crippen LogP contribution is -2.58. The van der Waals surface area contributed by atoms with Gasteiger partial charge in [0.1, 0.15) is 0 Å². The SMILES string of the molecule is CN(C)C1NCCC2CCC(P(=O)(O)O)(P(=O)(O)O)C21. The lowest BCUT2D eigenvalue weighted by molar-refractivity contribution is 0.0883. The first-order valence-corrected chi connectivity index (χ1v) is 9.76. The van der Waals surface area contributed by atoms with E-state index in [9.17, 15) is 28.7 Å². The van der Waals surface area contributed by atoms with Crippen molar-refractivity contribution in [2.45, 2.75) is 30.3 Å². The van der Waals surface area contributed by atoms with Gasteiger partial charge < -0.3 is 24.9 Å². The summed E-state index contributed by atoms with van der Waals surface area (Å²) >= 11 is 0. The second-order valence-corrected chi connectivity index (χ2v) is 10.1.